The molecule has 6 heteroatoms. The van der Waals surface area contributed by atoms with E-state index < -0.39 is 0 Å². The number of hydrogen-bond donors (Lipinski definition) is 1. The van der Waals surface area contributed by atoms with Gasteiger partial charge in [0.1, 0.15) is 5.75 Å². The zero-order valence-electron chi connectivity index (χ0n) is 12.5. The number of aromatic nitrogens is 2. The molecule has 0 radical (unpaired) electrons. The summed E-state index contributed by atoms with van der Waals surface area (Å²) in [6, 6.07) is 6.10. The van der Waals surface area contributed by atoms with Crippen LogP contribution in [0.3, 0.4) is 0 Å². The molecule has 1 N–H and O–H groups in total. The molecule has 114 valence electrons. The second-order valence-corrected chi connectivity index (χ2v) is 6.35. The van der Waals surface area contributed by atoms with Crippen LogP contribution in [0.1, 0.15) is 37.2 Å². The first-order chi connectivity index (χ1) is 9.99. The van der Waals surface area contributed by atoms with Crippen LogP contribution in [0.4, 0.5) is 0 Å². The van der Waals surface area contributed by atoms with Gasteiger partial charge in [-0.05, 0) is 33.0 Å². The topological polar surface area (TPSA) is 39.1 Å². The molecule has 1 aromatic carbocycles. The second-order valence-electron chi connectivity index (χ2n) is 5.02. The first kappa shape index (κ1) is 16.3. The van der Waals surface area contributed by atoms with Gasteiger partial charge in [0.05, 0.1) is 30.1 Å². The van der Waals surface area contributed by atoms with Crippen molar-refractivity contribution in [3.05, 3.63) is 45.1 Å². The maximum absolute atomic E-state index is 6.37. The highest BCUT2D eigenvalue weighted by molar-refractivity contribution is 9.10. The fraction of sp³-hybridized carbons (Fsp3) is 0.400. The van der Waals surface area contributed by atoms with Crippen LogP contribution in [-0.4, -0.2) is 23.9 Å². The van der Waals surface area contributed by atoms with Crippen molar-refractivity contribution < 1.29 is 4.74 Å². The average Bonchev–Trinajstić information content (AvgIpc) is 2.83. The van der Waals surface area contributed by atoms with Crippen molar-refractivity contribution in [2.24, 2.45) is 0 Å². The first-order valence-corrected chi connectivity index (χ1v) is 7.90. The highest BCUT2D eigenvalue weighted by Crippen LogP contribution is 2.35. The van der Waals surface area contributed by atoms with Crippen LogP contribution in [0.5, 0.6) is 5.75 Å². The average molecular weight is 373 g/mol. The molecule has 0 spiro atoms. The number of nitrogens with one attached hydrogen (secondary N) is 1. The molecule has 1 heterocycles. The van der Waals surface area contributed by atoms with E-state index in [1.807, 2.05) is 29.9 Å². The van der Waals surface area contributed by atoms with E-state index in [4.69, 9.17) is 16.3 Å². The first-order valence-electron chi connectivity index (χ1n) is 6.73. The lowest BCUT2D eigenvalue weighted by atomic mass is 10.0. The summed E-state index contributed by atoms with van der Waals surface area (Å²) in [5.74, 6) is 0.802. The third kappa shape index (κ3) is 3.25. The molecule has 1 atom stereocenters. The zero-order valence-corrected chi connectivity index (χ0v) is 14.9. The van der Waals surface area contributed by atoms with E-state index in [1.165, 1.54) is 0 Å². The Balaban J connectivity index is 2.57. The molecular formula is C15H19BrClN3O. The van der Waals surface area contributed by atoms with Crippen LogP contribution in [0.2, 0.25) is 5.02 Å². The zero-order chi connectivity index (χ0) is 15.6. The molecule has 1 aromatic heterocycles. The van der Waals surface area contributed by atoms with Gasteiger partial charge in [-0.3, -0.25) is 4.68 Å². The monoisotopic (exact) mass is 371 g/mol. The predicted octanol–water partition coefficient (Wildman–Crippen LogP) is 4.20. The van der Waals surface area contributed by atoms with E-state index in [0.717, 1.165) is 21.5 Å². The molecule has 0 aliphatic heterocycles. The number of hydrogen-bond acceptors (Lipinski definition) is 3. The summed E-state index contributed by atoms with van der Waals surface area (Å²) >= 11 is 9.83. The van der Waals surface area contributed by atoms with Crippen molar-refractivity contribution in [3.63, 3.8) is 0 Å². The van der Waals surface area contributed by atoms with Crippen molar-refractivity contribution in [2.75, 3.05) is 14.2 Å². The highest BCUT2D eigenvalue weighted by atomic mass is 79.9. The summed E-state index contributed by atoms with van der Waals surface area (Å²) in [6.07, 6.45) is 1.69. The van der Waals surface area contributed by atoms with Crippen LogP contribution in [0, 0.1) is 0 Å². The maximum atomic E-state index is 6.37. The largest absolute Gasteiger partial charge is 0.496 e. The van der Waals surface area contributed by atoms with Crippen molar-refractivity contribution in [1.82, 2.24) is 15.1 Å². The molecule has 0 aliphatic rings. The summed E-state index contributed by atoms with van der Waals surface area (Å²) in [5.41, 5.74) is 1.96. The Morgan fingerprint density at radius 1 is 1.38 bits per heavy atom. The van der Waals surface area contributed by atoms with Crippen LogP contribution in [-0.2, 0) is 0 Å². The van der Waals surface area contributed by atoms with Gasteiger partial charge >= 0.3 is 0 Å². The van der Waals surface area contributed by atoms with Gasteiger partial charge in [-0.1, -0.05) is 33.6 Å². The minimum absolute atomic E-state index is 0.0922. The maximum Gasteiger partial charge on any atom is 0.125 e. The fourth-order valence-corrected chi connectivity index (χ4v) is 2.97. The number of rotatable bonds is 5. The van der Waals surface area contributed by atoms with Crippen LogP contribution in [0.15, 0.2) is 28.9 Å². The lowest BCUT2D eigenvalue weighted by molar-refractivity contribution is 0.401. The third-order valence-corrected chi connectivity index (χ3v) is 4.13. The molecule has 2 rings (SSSR count). The molecule has 0 saturated heterocycles. The van der Waals surface area contributed by atoms with Crippen LogP contribution < -0.4 is 10.1 Å². The molecule has 1 unspecified atom stereocenters. The van der Waals surface area contributed by atoms with Gasteiger partial charge < -0.3 is 10.1 Å². The van der Waals surface area contributed by atoms with Gasteiger partial charge in [-0.25, -0.2) is 0 Å². The van der Waals surface area contributed by atoms with Crippen molar-refractivity contribution in [1.29, 1.82) is 0 Å². The molecule has 0 aliphatic carbocycles. The number of ether oxygens (including phenoxy) is 1. The van der Waals surface area contributed by atoms with Crippen LogP contribution >= 0.6 is 27.5 Å². The summed E-state index contributed by atoms with van der Waals surface area (Å²) in [6.45, 7) is 4.16. The predicted molar refractivity (Wildman–Crippen MR) is 89.2 cm³/mol. The Labute approximate surface area is 138 Å². The molecule has 4 nitrogen and oxygen atoms in total. The molecule has 0 saturated carbocycles. The summed E-state index contributed by atoms with van der Waals surface area (Å²) < 4.78 is 8.41. The fourth-order valence-electron chi connectivity index (χ4n) is 2.40. The Morgan fingerprint density at radius 3 is 2.67 bits per heavy atom. The van der Waals surface area contributed by atoms with E-state index >= 15 is 0 Å². The lowest BCUT2D eigenvalue weighted by Crippen LogP contribution is -2.23. The van der Waals surface area contributed by atoms with Crippen molar-refractivity contribution in [2.45, 2.75) is 25.9 Å². The van der Waals surface area contributed by atoms with E-state index in [0.29, 0.717) is 5.02 Å². The van der Waals surface area contributed by atoms with Gasteiger partial charge in [0.15, 0.2) is 0 Å². The van der Waals surface area contributed by atoms with Gasteiger partial charge in [0.2, 0.25) is 0 Å². The number of halogens is 2. The lowest BCUT2D eigenvalue weighted by Gasteiger charge is -2.22. The SMILES string of the molecule is CNC(c1ccc(Br)cc1OC)c1c(Cl)cnn1C(C)C. The third-order valence-electron chi connectivity index (χ3n) is 3.34. The normalized spacial score (nSPS) is 12.7. The van der Waals surface area contributed by atoms with Crippen molar-refractivity contribution >= 4 is 27.5 Å². The standard InChI is InChI=1S/C15H19BrClN3O/c1-9(2)20-15(12(17)8-19-20)14(18-3)11-6-5-10(16)7-13(11)21-4/h5-9,14,18H,1-4H3. The van der Waals surface area contributed by atoms with Crippen molar-refractivity contribution in [3.8, 4) is 5.75 Å². The second kappa shape index (κ2) is 6.81. The van der Waals surface area contributed by atoms with Gasteiger partial charge in [-0.2, -0.15) is 5.10 Å². The number of nitrogens with zero attached hydrogens (tertiary/aromatic N) is 2. The molecule has 0 fully saturated rings. The van der Waals surface area contributed by atoms with E-state index in [1.54, 1.807) is 13.3 Å². The van der Waals surface area contributed by atoms with Gasteiger partial charge in [-0.15, -0.1) is 0 Å². The summed E-state index contributed by atoms with van der Waals surface area (Å²) in [5, 5.41) is 8.33. The van der Waals surface area contributed by atoms with Gasteiger partial charge in [0, 0.05) is 16.1 Å². The minimum atomic E-state index is -0.0922. The quantitative estimate of drug-likeness (QED) is 0.855. The minimum Gasteiger partial charge on any atom is -0.496 e. The Bertz CT molecular complexity index is 627. The van der Waals surface area contributed by atoms with E-state index in [2.05, 4.69) is 40.2 Å². The molecule has 21 heavy (non-hydrogen) atoms. The molecule has 2 aromatic rings. The number of benzene rings is 1. The Morgan fingerprint density at radius 2 is 2.10 bits per heavy atom. The van der Waals surface area contributed by atoms with E-state index in [-0.39, 0.29) is 12.1 Å². The van der Waals surface area contributed by atoms with E-state index in [9.17, 15) is 0 Å². The number of methoxy groups -OCH3 is 1. The molecule has 0 bridgehead atoms. The highest BCUT2D eigenvalue weighted by Gasteiger charge is 2.24. The smallest absolute Gasteiger partial charge is 0.125 e. The molecular weight excluding hydrogens is 354 g/mol. The summed E-state index contributed by atoms with van der Waals surface area (Å²) in [4.78, 5) is 0. The molecule has 0 amide bonds. The Hall–Kier alpha value is -1.04. The summed E-state index contributed by atoms with van der Waals surface area (Å²) in [7, 11) is 3.57. The van der Waals surface area contributed by atoms with Crippen LogP contribution in [0.25, 0.3) is 0 Å². The van der Waals surface area contributed by atoms with Gasteiger partial charge in [0.25, 0.3) is 0 Å². The Kier molecular flexibility index (Phi) is 5.30.